The Morgan fingerprint density at radius 1 is 1.00 bits per heavy atom. The summed E-state index contributed by atoms with van der Waals surface area (Å²) in [7, 11) is -4.38. The van der Waals surface area contributed by atoms with Gasteiger partial charge in [-0.1, -0.05) is 12.1 Å². The van der Waals surface area contributed by atoms with Crippen LogP contribution in [0.15, 0.2) is 47.4 Å². The highest BCUT2D eigenvalue weighted by Crippen LogP contribution is 2.51. The third-order valence-corrected chi connectivity index (χ3v) is 7.16. The normalized spacial score (nSPS) is 17.9. The molecule has 1 aliphatic rings. The van der Waals surface area contributed by atoms with E-state index >= 15 is 0 Å². The number of nitrogens with zero attached hydrogens (tertiary/aromatic N) is 1. The number of nitrogens with two attached hydrogens (primary N) is 1. The van der Waals surface area contributed by atoms with Crippen molar-refractivity contribution in [3.8, 4) is 0 Å². The first-order chi connectivity index (χ1) is 14.6. The molecular weight excluding hydrogens is 469 g/mol. The third-order valence-electron chi connectivity index (χ3n) is 5.28. The number of aryl methyl sites for hydroxylation is 1. The number of rotatable bonds is 4. The van der Waals surface area contributed by atoms with Crippen molar-refractivity contribution in [1.29, 1.82) is 0 Å². The number of alkyl halides is 6. The number of halogens is 7. The maximum atomic E-state index is 13.2. The van der Waals surface area contributed by atoms with E-state index in [0.717, 1.165) is 34.6 Å². The molecule has 2 aromatic carbocycles. The second-order valence-electron chi connectivity index (χ2n) is 7.23. The Balaban J connectivity index is 2.17. The minimum atomic E-state index is -6.08. The molecule has 0 saturated carbocycles. The zero-order valence-electron chi connectivity index (χ0n) is 16.1. The minimum Gasteiger partial charge on any atom is -0.369 e. The summed E-state index contributed by atoms with van der Waals surface area (Å²) in [6, 6.07) is 4.56. The highest BCUT2D eigenvalue weighted by Gasteiger charge is 2.71. The molecule has 0 saturated heterocycles. The SMILES string of the molecule is NC[C@@H]1CCc2cc(C(O)(C(F)(F)F)C(F)(F)F)ccc2N1S(=O)(=O)c1ccc(F)cc1. The summed E-state index contributed by atoms with van der Waals surface area (Å²) >= 11 is 0. The first kappa shape index (κ1) is 24.3. The van der Waals surface area contributed by atoms with Crippen LogP contribution >= 0.6 is 0 Å². The summed E-state index contributed by atoms with van der Waals surface area (Å²) < 4.78 is 120. The zero-order valence-corrected chi connectivity index (χ0v) is 16.9. The lowest BCUT2D eigenvalue weighted by Gasteiger charge is -2.39. The Bertz CT molecular complexity index is 1090. The minimum absolute atomic E-state index is 0.00381. The Morgan fingerprint density at radius 3 is 2.06 bits per heavy atom. The van der Waals surface area contributed by atoms with Crippen molar-refractivity contribution in [1.82, 2.24) is 0 Å². The van der Waals surface area contributed by atoms with E-state index in [1.54, 1.807) is 0 Å². The van der Waals surface area contributed by atoms with Gasteiger partial charge in [-0.2, -0.15) is 26.3 Å². The third kappa shape index (κ3) is 3.82. The molecular formula is C19H17F7N2O3S. The van der Waals surface area contributed by atoms with Gasteiger partial charge in [0.2, 0.25) is 0 Å². The highest BCUT2D eigenvalue weighted by atomic mass is 32.2. The Morgan fingerprint density at radius 2 is 1.56 bits per heavy atom. The number of aliphatic hydroxyl groups is 1. The van der Waals surface area contributed by atoms with E-state index in [9.17, 15) is 44.3 Å². The van der Waals surface area contributed by atoms with Gasteiger partial charge in [0.15, 0.2) is 0 Å². The summed E-state index contributed by atoms with van der Waals surface area (Å²) in [4.78, 5) is -0.337. The topological polar surface area (TPSA) is 83.6 Å². The Kier molecular flexibility index (Phi) is 5.98. The zero-order chi connectivity index (χ0) is 24.1. The highest BCUT2D eigenvalue weighted by molar-refractivity contribution is 7.92. The van der Waals surface area contributed by atoms with Crippen LogP contribution in [0.5, 0.6) is 0 Å². The molecule has 1 atom stereocenters. The Labute approximate surface area is 178 Å². The van der Waals surface area contributed by atoms with Gasteiger partial charge in [0.05, 0.1) is 16.6 Å². The lowest BCUT2D eigenvalue weighted by Crippen LogP contribution is -2.54. The number of benzene rings is 2. The van der Waals surface area contributed by atoms with Crippen LogP contribution in [0.3, 0.4) is 0 Å². The number of anilines is 1. The van der Waals surface area contributed by atoms with E-state index in [1.807, 2.05) is 0 Å². The van der Waals surface area contributed by atoms with Gasteiger partial charge in [-0.3, -0.25) is 4.31 Å². The largest absolute Gasteiger partial charge is 0.430 e. The van der Waals surface area contributed by atoms with E-state index in [4.69, 9.17) is 5.73 Å². The van der Waals surface area contributed by atoms with Gasteiger partial charge in [0.25, 0.3) is 15.6 Å². The first-order valence-electron chi connectivity index (χ1n) is 9.14. The predicted octanol–water partition coefficient (Wildman–Crippen LogP) is 3.61. The van der Waals surface area contributed by atoms with E-state index in [0.29, 0.717) is 12.1 Å². The fraction of sp³-hybridized carbons (Fsp3) is 0.368. The van der Waals surface area contributed by atoms with Gasteiger partial charge in [0.1, 0.15) is 5.82 Å². The van der Waals surface area contributed by atoms with E-state index in [1.165, 1.54) is 0 Å². The van der Waals surface area contributed by atoms with Crippen molar-refractivity contribution < 1.29 is 44.3 Å². The van der Waals surface area contributed by atoms with Crippen LogP contribution in [0, 0.1) is 5.82 Å². The summed E-state index contributed by atoms with van der Waals surface area (Å²) in [5.74, 6) is -0.707. The molecule has 1 heterocycles. The number of sulfonamides is 1. The molecule has 176 valence electrons. The quantitative estimate of drug-likeness (QED) is 0.647. The lowest BCUT2D eigenvalue weighted by molar-refractivity contribution is -0.376. The van der Waals surface area contributed by atoms with Crippen molar-refractivity contribution >= 4 is 15.7 Å². The van der Waals surface area contributed by atoms with Crippen LogP contribution in [0.25, 0.3) is 0 Å². The molecule has 13 heteroatoms. The molecule has 3 N–H and O–H groups in total. The summed E-state index contributed by atoms with van der Waals surface area (Å²) in [6.07, 6.45) is -12.2. The van der Waals surface area contributed by atoms with E-state index < -0.39 is 45.4 Å². The molecule has 0 aliphatic carbocycles. The van der Waals surface area contributed by atoms with Gasteiger partial charge < -0.3 is 10.8 Å². The number of fused-ring (bicyclic) bond motifs is 1. The van der Waals surface area contributed by atoms with Crippen molar-refractivity contribution in [2.24, 2.45) is 5.73 Å². The summed E-state index contributed by atoms with van der Waals surface area (Å²) in [6.45, 7) is -0.184. The molecule has 1 aliphatic heterocycles. The average molecular weight is 486 g/mol. The maximum Gasteiger partial charge on any atom is 0.430 e. The van der Waals surface area contributed by atoms with E-state index in [-0.39, 0.29) is 35.5 Å². The van der Waals surface area contributed by atoms with Crippen LogP contribution in [-0.4, -0.2) is 38.5 Å². The maximum absolute atomic E-state index is 13.2. The molecule has 0 radical (unpaired) electrons. The molecule has 0 spiro atoms. The summed E-state index contributed by atoms with van der Waals surface area (Å²) in [5.41, 5.74) is -1.29. The van der Waals surface area contributed by atoms with Crippen molar-refractivity contribution in [2.45, 2.75) is 41.7 Å². The van der Waals surface area contributed by atoms with Gasteiger partial charge in [-0.05, 0) is 48.7 Å². The molecule has 0 fully saturated rings. The van der Waals surface area contributed by atoms with Crippen LogP contribution < -0.4 is 10.0 Å². The molecule has 32 heavy (non-hydrogen) atoms. The second-order valence-corrected chi connectivity index (χ2v) is 9.05. The van der Waals surface area contributed by atoms with Gasteiger partial charge in [-0.15, -0.1) is 0 Å². The standard InChI is InChI=1S/C19H17F7N2O3S/c20-13-3-6-15(7-4-13)32(30,31)28-14(10-27)5-1-11-9-12(2-8-16(11)28)17(29,18(21,22)23)19(24,25)26/h2-4,6-9,14,29H,1,5,10,27H2/t14-/m0/s1. The lowest BCUT2D eigenvalue weighted by atomic mass is 9.88. The summed E-state index contributed by atoms with van der Waals surface area (Å²) in [5, 5.41) is 9.65. The van der Waals surface area contributed by atoms with E-state index in [2.05, 4.69) is 0 Å². The monoisotopic (exact) mass is 486 g/mol. The van der Waals surface area contributed by atoms with Gasteiger partial charge in [0, 0.05) is 12.1 Å². The molecule has 3 rings (SSSR count). The molecule has 0 amide bonds. The van der Waals surface area contributed by atoms with Crippen molar-refractivity contribution in [2.75, 3.05) is 10.8 Å². The van der Waals surface area contributed by atoms with Crippen LogP contribution in [-0.2, 0) is 22.0 Å². The smallest absolute Gasteiger partial charge is 0.369 e. The average Bonchev–Trinajstić information content (AvgIpc) is 2.70. The van der Waals surface area contributed by atoms with Gasteiger partial charge >= 0.3 is 12.4 Å². The van der Waals surface area contributed by atoms with Crippen LogP contribution in [0.4, 0.5) is 36.4 Å². The molecule has 5 nitrogen and oxygen atoms in total. The number of hydrogen-bond acceptors (Lipinski definition) is 4. The van der Waals surface area contributed by atoms with Gasteiger partial charge in [-0.25, -0.2) is 12.8 Å². The molecule has 0 unspecified atom stereocenters. The fourth-order valence-electron chi connectivity index (χ4n) is 3.61. The van der Waals surface area contributed by atoms with Crippen molar-refractivity contribution in [3.05, 3.63) is 59.4 Å². The van der Waals surface area contributed by atoms with Crippen molar-refractivity contribution in [3.63, 3.8) is 0 Å². The van der Waals surface area contributed by atoms with Crippen LogP contribution in [0.1, 0.15) is 17.5 Å². The first-order valence-corrected chi connectivity index (χ1v) is 10.6. The Hall–Kier alpha value is -2.38. The molecule has 0 bridgehead atoms. The molecule has 0 aromatic heterocycles. The molecule has 2 aromatic rings. The van der Waals surface area contributed by atoms with Crippen LogP contribution in [0.2, 0.25) is 0 Å². The number of hydrogen-bond donors (Lipinski definition) is 2. The second kappa shape index (κ2) is 7.89. The predicted molar refractivity (Wildman–Crippen MR) is 99.7 cm³/mol. The fourth-order valence-corrected chi connectivity index (χ4v) is 5.34.